The van der Waals surface area contributed by atoms with E-state index >= 15 is 0 Å². The number of carbonyl (C=O) groups excluding carboxylic acids is 1. The van der Waals surface area contributed by atoms with E-state index < -0.39 is 5.97 Å². The number of carbonyl (C=O) groups is 2. The van der Waals surface area contributed by atoms with Crippen LogP contribution in [-0.4, -0.2) is 28.8 Å². The van der Waals surface area contributed by atoms with Gasteiger partial charge in [0.15, 0.2) is 16.7 Å². The largest absolute Gasteiger partial charge is 0.490 e. The minimum absolute atomic E-state index is 0.205. The molecule has 0 spiro atoms. The lowest BCUT2D eigenvalue weighted by atomic mass is 10.0. The van der Waals surface area contributed by atoms with E-state index in [1.807, 2.05) is 19.1 Å². The van der Waals surface area contributed by atoms with Crippen LogP contribution in [0.2, 0.25) is 10.0 Å². The van der Waals surface area contributed by atoms with Gasteiger partial charge >= 0.3 is 5.97 Å². The normalized spacial score (nSPS) is 14.9. The first kappa shape index (κ1) is 28.3. The lowest BCUT2D eigenvalue weighted by Gasteiger charge is -2.17. The van der Waals surface area contributed by atoms with Crippen molar-refractivity contribution in [2.75, 3.05) is 6.61 Å². The third-order valence-electron chi connectivity index (χ3n) is 5.50. The molecule has 0 aliphatic carbocycles. The number of carboxylic acid groups (broad SMARTS) is 1. The molecule has 10 heteroatoms. The van der Waals surface area contributed by atoms with Crippen LogP contribution in [0.15, 0.2) is 77.1 Å². The molecule has 3 aromatic carbocycles. The Kier molecular flexibility index (Phi) is 9.35. The van der Waals surface area contributed by atoms with E-state index in [4.69, 9.17) is 37.8 Å². The Morgan fingerprint density at radius 3 is 2.62 bits per heavy atom. The number of hydrogen-bond donors (Lipinski definition) is 2. The fourth-order valence-corrected chi connectivity index (χ4v) is 4.89. The molecular formula is C29H24Cl2N2O5S. The number of carboxylic acids is 1. The summed E-state index contributed by atoms with van der Waals surface area (Å²) in [5.74, 6) is -0.193. The van der Waals surface area contributed by atoms with E-state index in [9.17, 15) is 9.59 Å². The van der Waals surface area contributed by atoms with Gasteiger partial charge in [0.1, 0.15) is 6.61 Å². The summed E-state index contributed by atoms with van der Waals surface area (Å²) < 4.78 is 12.0. The molecule has 2 N–H and O–H groups in total. The number of aliphatic imine (C=N–C) groups is 1. The topological polar surface area (TPSA) is 97.2 Å². The van der Waals surface area contributed by atoms with Crippen molar-refractivity contribution in [2.45, 2.75) is 20.0 Å². The molecule has 4 rings (SSSR count). The van der Waals surface area contributed by atoms with Crippen molar-refractivity contribution in [3.05, 3.63) is 104 Å². The Balaban J connectivity index is 1.61. The number of allylic oxidation sites excluding steroid dienone is 1. The van der Waals surface area contributed by atoms with Crippen LogP contribution in [0.25, 0.3) is 6.08 Å². The Hall–Kier alpha value is -3.72. The first-order valence-electron chi connectivity index (χ1n) is 11.9. The summed E-state index contributed by atoms with van der Waals surface area (Å²) in [6.45, 7) is 6.35. The molecule has 0 aromatic heterocycles. The maximum atomic E-state index is 12.7. The highest BCUT2D eigenvalue weighted by atomic mass is 35.5. The summed E-state index contributed by atoms with van der Waals surface area (Å²) in [7, 11) is 0. The fourth-order valence-electron chi connectivity index (χ4n) is 3.72. The molecule has 39 heavy (non-hydrogen) atoms. The molecule has 1 aliphatic rings. The Labute approximate surface area is 240 Å². The van der Waals surface area contributed by atoms with Crippen LogP contribution in [0.4, 0.5) is 5.69 Å². The summed E-state index contributed by atoms with van der Waals surface area (Å²) in [6, 6.07) is 15.3. The van der Waals surface area contributed by atoms with Crippen molar-refractivity contribution in [1.29, 1.82) is 0 Å². The second kappa shape index (κ2) is 12.9. The van der Waals surface area contributed by atoms with Crippen molar-refractivity contribution in [3.8, 4) is 11.5 Å². The zero-order valence-electron chi connectivity index (χ0n) is 20.9. The van der Waals surface area contributed by atoms with Crippen molar-refractivity contribution < 1.29 is 24.2 Å². The summed E-state index contributed by atoms with van der Waals surface area (Å²) in [5.41, 5.74) is 3.04. The number of ether oxygens (including phenoxy) is 2. The highest BCUT2D eigenvalue weighted by Gasteiger charge is 2.25. The molecular weight excluding hydrogens is 559 g/mol. The SMILES string of the molecule is C=CCc1cc(/C=C2/SC(=Nc3cccc(Cl)c3Cl)NC2=O)cc(OCC)c1OCc1ccc(C(=O)O)cc1. The van der Waals surface area contributed by atoms with E-state index in [-0.39, 0.29) is 18.1 Å². The molecule has 1 saturated heterocycles. The molecule has 0 unspecified atom stereocenters. The summed E-state index contributed by atoms with van der Waals surface area (Å²) in [6.07, 6.45) is 4.02. The zero-order chi connectivity index (χ0) is 27.9. The molecule has 0 saturated carbocycles. The third-order valence-corrected chi connectivity index (χ3v) is 7.22. The second-order valence-corrected chi connectivity index (χ2v) is 10.1. The van der Waals surface area contributed by atoms with E-state index in [0.717, 1.165) is 16.7 Å². The number of amides is 1. The third kappa shape index (κ3) is 7.03. The monoisotopic (exact) mass is 582 g/mol. The fraction of sp³-hybridized carbons (Fsp3) is 0.138. The Morgan fingerprint density at radius 1 is 1.15 bits per heavy atom. The highest BCUT2D eigenvalue weighted by molar-refractivity contribution is 8.18. The van der Waals surface area contributed by atoms with Crippen LogP contribution in [0, 0.1) is 0 Å². The summed E-state index contributed by atoms with van der Waals surface area (Å²) in [5, 5.41) is 12.9. The van der Waals surface area contributed by atoms with Crippen molar-refractivity contribution in [2.24, 2.45) is 4.99 Å². The number of thioether (sulfide) groups is 1. The van der Waals surface area contributed by atoms with Gasteiger partial charge in [-0.25, -0.2) is 9.79 Å². The molecule has 1 amide bonds. The van der Waals surface area contributed by atoms with Gasteiger partial charge < -0.3 is 19.9 Å². The van der Waals surface area contributed by atoms with Crippen LogP contribution in [0.5, 0.6) is 11.5 Å². The molecule has 1 aliphatic heterocycles. The van der Waals surface area contributed by atoms with Gasteiger partial charge in [0, 0.05) is 5.56 Å². The molecule has 0 radical (unpaired) electrons. The number of nitrogens with zero attached hydrogens (tertiary/aromatic N) is 1. The maximum Gasteiger partial charge on any atom is 0.335 e. The number of benzene rings is 3. The number of nitrogens with one attached hydrogen (secondary N) is 1. The zero-order valence-corrected chi connectivity index (χ0v) is 23.2. The van der Waals surface area contributed by atoms with E-state index in [0.29, 0.717) is 50.3 Å². The summed E-state index contributed by atoms with van der Waals surface area (Å²) in [4.78, 5) is 28.7. The molecule has 1 fully saturated rings. The van der Waals surface area contributed by atoms with Gasteiger partial charge in [-0.05, 0) is 78.7 Å². The smallest absolute Gasteiger partial charge is 0.335 e. The predicted octanol–water partition coefficient (Wildman–Crippen LogP) is 7.29. The maximum absolute atomic E-state index is 12.7. The molecule has 0 atom stereocenters. The van der Waals surface area contributed by atoms with Crippen molar-refractivity contribution in [1.82, 2.24) is 5.32 Å². The van der Waals surface area contributed by atoms with Crippen LogP contribution >= 0.6 is 35.0 Å². The van der Waals surface area contributed by atoms with Crippen molar-refractivity contribution in [3.63, 3.8) is 0 Å². The number of hydrogen-bond acceptors (Lipinski definition) is 6. The first-order chi connectivity index (χ1) is 18.8. The van der Waals surface area contributed by atoms with Gasteiger partial charge in [-0.2, -0.15) is 0 Å². The van der Waals surface area contributed by atoms with Gasteiger partial charge in [-0.1, -0.05) is 47.5 Å². The van der Waals surface area contributed by atoms with Crippen LogP contribution in [0.3, 0.4) is 0 Å². The predicted molar refractivity (Wildman–Crippen MR) is 157 cm³/mol. The number of amidine groups is 1. The molecule has 0 bridgehead atoms. The lowest BCUT2D eigenvalue weighted by Crippen LogP contribution is -2.19. The average Bonchev–Trinajstić information content (AvgIpc) is 3.25. The quantitative estimate of drug-likeness (QED) is 0.192. The van der Waals surface area contributed by atoms with E-state index in [1.54, 1.807) is 42.5 Å². The van der Waals surface area contributed by atoms with Gasteiger partial charge in [0.25, 0.3) is 5.91 Å². The molecule has 7 nitrogen and oxygen atoms in total. The van der Waals surface area contributed by atoms with Gasteiger partial charge in [0.2, 0.25) is 0 Å². The molecule has 200 valence electrons. The molecule has 3 aromatic rings. The number of rotatable bonds is 10. The van der Waals surface area contributed by atoms with Gasteiger partial charge in [-0.3, -0.25) is 4.79 Å². The van der Waals surface area contributed by atoms with E-state index in [1.165, 1.54) is 23.9 Å². The Bertz CT molecular complexity index is 1490. The lowest BCUT2D eigenvalue weighted by molar-refractivity contribution is -0.115. The highest BCUT2D eigenvalue weighted by Crippen LogP contribution is 2.38. The van der Waals surface area contributed by atoms with Crippen LogP contribution in [0.1, 0.15) is 34.0 Å². The molecule has 1 heterocycles. The average molecular weight is 583 g/mol. The van der Waals surface area contributed by atoms with Crippen molar-refractivity contribution >= 4 is 63.8 Å². The Morgan fingerprint density at radius 2 is 1.92 bits per heavy atom. The van der Waals surface area contributed by atoms with Crippen LogP contribution < -0.4 is 14.8 Å². The standard InChI is InChI=1S/C29H24Cl2N2O5S/c1-3-6-20-13-18(15-24-27(34)33-29(39-24)32-22-8-5-7-21(30)25(22)31)14-23(37-4-2)26(20)38-16-17-9-11-19(12-10-17)28(35)36/h3,5,7-15H,1,4,6,16H2,2H3,(H,35,36)(H,32,33,34)/b24-15+. The first-order valence-corrected chi connectivity index (χ1v) is 13.5. The second-order valence-electron chi connectivity index (χ2n) is 8.28. The van der Waals surface area contributed by atoms with Gasteiger partial charge in [0.05, 0.1) is 32.8 Å². The number of halogens is 2. The van der Waals surface area contributed by atoms with Gasteiger partial charge in [-0.15, -0.1) is 6.58 Å². The van der Waals surface area contributed by atoms with E-state index in [2.05, 4.69) is 16.9 Å². The summed E-state index contributed by atoms with van der Waals surface area (Å²) >= 11 is 13.5. The van der Waals surface area contributed by atoms with Crippen LogP contribution in [-0.2, 0) is 17.8 Å². The minimum atomic E-state index is -0.986. The number of aromatic carboxylic acids is 1. The minimum Gasteiger partial charge on any atom is -0.490 e.